The molecule has 1 aliphatic rings. The van der Waals surface area contributed by atoms with Crippen molar-refractivity contribution < 1.29 is 4.39 Å². The van der Waals surface area contributed by atoms with E-state index in [9.17, 15) is 4.39 Å². The zero-order valence-electron chi connectivity index (χ0n) is 10.8. The first-order valence-electron chi connectivity index (χ1n) is 6.19. The summed E-state index contributed by atoms with van der Waals surface area (Å²) in [5, 5.41) is 0. The molecule has 98 valence electrons. The maximum atomic E-state index is 13.3. The van der Waals surface area contributed by atoms with E-state index in [4.69, 9.17) is 5.84 Å². The monoisotopic (exact) mass is 250 g/mol. The molecule has 0 aromatic heterocycles. The summed E-state index contributed by atoms with van der Waals surface area (Å²) >= 11 is 0. The summed E-state index contributed by atoms with van der Waals surface area (Å²) in [5.74, 6) is 6.35. The van der Waals surface area contributed by atoms with Crippen molar-refractivity contribution in [1.82, 2.24) is 5.43 Å². The zero-order valence-corrected chi connectivity index (χ0v) is 10.8. The van der Waals surface area contributed by atoms with Crippen molar-refractivity contribution in [3.8, 4) is 0 Å². The number of guanidine groups is 1. The first-order chi connectivity index (χ1) is 8.61. The summed E-state index contributed by atoms with van der Waals surface area (Å²) in [6.07, 6.45) is 0.887. The third kappa shape index (κ3) is 2.61. The molecule has 0 unspecified atom stereocenters. The number of anilines is 1. The van der Waals surface area contributed by atoms with Crippen LogP contribution in [0, 0.1) is 11.7 Å². The Bertz CT molecular complexity index is 456. The van der Waals surface area contributed by atoms with Crippen LogP contribution in [0.2, 0.25) is 0 Å². The molecule has 0 bridgehead atoms. The van der Waals surface area contributed by atoms with E-state index in [1.165, 1.54) is 12.1 Å². The van der Waals surface area contributed by atoms with E-state index in [0.29, 0.717) is 18.4 Å². The van der Waals surface area contributed by atoms with Gasteiger partial charge < -0.3 is 4.90 Å². The van der Waals surface area contributed by atoms with Crippen LogP contribution in [0.3, 0.4) is 0 Å². The Labute approximate surface area is 107 Å². The molecule has 18 heavy (non-hydrogen) atoms. The summed E-state index contributed by atoms with van der Waals surface area (Å²) < 4.78 is 13.3. The van der Waals surface area contributed by atoms with Gasteiger partial charge in [-0.15, -0.1) is 0 Å². The SMILES string of the molecule is CC(C)CN=C(NN)N1CCc2ccc(F)cc21. The van der Waals surface area contributed by atoms with E-state index in [2.05, 4.69) is 24.3 Å². The molecule has 0 fully saturated rings. The van der Waals surface area contributed by atoms with E-state index in [1.54, 1.807) is 0 Å². The second-order valence-corrected chi connectivity index (χ2v) is 4.88. The molecule has 3 N–H and O–H groups in total. The molecule has 0 saturated carbocycles. The first kappa shape index (κ1) is 12.8. The minimum Gasteiger partial charge on any atom is -0.311 e. The summed E-state index contributed by atoms with van der Waals surface area (Å²) in [6, 6.07) is 4.84. The molecule has 2 rings (SSSR count). The molecular formula is C13H19FN4. The van der Waals surface area contributed by atoms with Crippen molar-refractivity contribution in [3.63, 3.8) is 0 Å². The van der Waals surface area contributed by atoms with Crippen LogP contribution in [-0.4, -0.2) is 19.0 Å². The van der Waals surface area contributed by atoms with Gasteiger partial charge in [0.1, 0.15) is 5.82 Å². The van der Waals surface area contributed by atoms with Crippen LogP contribution in [-0.2, 0) is 6.42 Å². The molecule has 0 radical (unpaired) electrons. The van der Waals surface area contributed by atoms with Gasteiger partial charge in [0.05, 0.1) is 0 Å². The number of nitrogens with zero attached hydrogens (tertiary/aromatic N) is 2. The molecule has 0 spiro atoms. The number of rotatable bonds is 2. The Morgan fingerprint density at radius 2 is 2.33 bits per heavy atom. The van der Waals surface area contributed by atoms with Gasteiger partial charge in [-0.1, -0.05) is 19.9 Å². The number of aliphatic imine (C=N–C) groups is 1. The maximum absolute atomic E-state index is 13.3. The highest BCUT2D eigenvalue weighted by Crippen LogP contribution is 2.28. The van der Waals surface area contributed by atoms with E-state index in [0.717, 1.165) is 24.2 Å². The Hall–Kier alpha value is -1.62. The van der Waals surface area contributed by atoms with Gasteiger partial charge in [-0.2, -0.15) is 0 Å². The van der Waals surface area contributed by atoms with Crippen LogP contribution >= 0.6 is 0 Å². The molecule has 1 heterocycles. The maximum Gasteiger partial charge on any atom is 0.212 e. The molecule has 0 saturated heterocycles. The van der Waals surface area contributed by atoms with Crippen molar-refractivity contribution in [1.29, 1.82) is 0 Å². The molecule has 0 amide bonds. The fourth-order valence-electron chi connectivity index (χ4n) is 2.05. The molecule has 5 heteroatoms. The summed E-state index contributed by atoms with van der Waals surface area (Å²) in [6.45, 7) is 5.66. The minimum absolute atomic E-state index is 0.235. The highest BCUT2D eigenvalue weighted by Gasteiger charge is 2.23. The van der Waals surface area contributed by atoms with Crippen LogP contribution in [0.25, 0.3) is 0 Å². The highest BCUT2D eigenvalue weighted by atomic mass is 19.1. The van der Waals surface area contributed by atoms with Gasteiger partial charge in [0.25, 0.3) is 0 Å². The standard InChI is InChI=1S/C13H19FN4/c1-9(2)8-16-13(17-15)18-6-5-10-3-4-11(14)7-12(10)18/h3-4,7,9H,5-6,8,15H2,1-2H3,(H,16,17). The van der Waals surface area contributed by atoms with Gasteiger partial charge in [0, 0.05) is 18.8 Å². The lowest BCUT2D eigenvalue weighted by Crippen LogP contribution is -2.44. The lowest BCUT2D eigenvalue weighted by atomic mass is 10.2. The molecule has 0 atom stereocenters. The quantitative estimate of drug-likeness (QED) is 0.363. The van der Waals surface area contributed by atoms with E-state index in [-0.39, 0.29) is 5.82 Å². The van der Waals surface area contributed by atoms with E-state index in [1.807, 2.05) is 11.0 Å². The van der Waals surface area contributed by atoms with Crippen molar-refractivity contribution in [2.75, 3.05) is 18.0 Å². The number of hydrogen-bond acceptors (Lipinski definition) is 2. The normalized spacial score (nSPS) is 15.2. The van der Waals surface area contributed by atoms with Crippen molar-refractivity contribution in [3.05, 3.63) is 29.6 Å². The van der Waals surface area contributed by atoms with Gasteiger partial charge in [-0.05, 0) is 30.0 Å². The molecular weight excluding hydrogens is 231 g/mol. The van der Waals surface area contributed by atoms with Crippen molar-refractivity contribution in [2.45, 2.75) is 20.3 Å². The van der Waals surface area contributed by atoms with Gasteiger partial charge >= 0.3 is 0 Å². The summed E-state index contributed by atoms with van der Waals surface area (Å²) in [5.41, 5.74) is 4.60. The Morgan fingerprint density at radius 1 is 1.56 bits per heavy atom. The number of nitrogens with two attached hydrogens (primary N) is 1. The number of benzene rings is 1. The summed E-state index contributed by atoms with van der Waals surface area (Å²) in [7, 11) is 0. The van der Waals surface area contributed by atoms with Crippen LogP contribution in [0.4, 0.5) is 10.1 Å². The predicted molar refractivity (Wildman–Crippen MR) is 71.9 cm³/mol. The molecule has 1 aromatic carbocycles. The number of fused-ring (bicyclic) bond motifs is 1. The lowest BCUT2D eigenvalue weighted by molar-refractivity contribution is 0.628. The van der Waals surface area contributed by atoms with Crippen molar-refractivity contribution in [2.24, 2.45) is 16.8 Å². The van der Waals surface area contributed by atoms with Gasteiger partial charge in [-0.25, -0.2) is 10.2 Å². The predicted octanol–water partition coefficient (Wildman–Crippen LogP) is 1.66. The van der Waals surface area contributed by atoms with Gasteiger partial charge in [-0.3, -0.25) is 10.4 Å². The molecule has 1 aliphatic heterocycles. The summed E-state index contributed by atoms with van der Waals surface area (Å²) in [4.78, 5) is 6.37. The molecule has 0 aliphatic carbocycles. The number of hydrazine groups is 1. The van der Waals surface area contributed by atoms with Crippen LogP contribution in [0.5, 0.6) is 0 Å². The van der Waals surface area contributed by atoms with Gasteiger partial charge in [0.2, 0.25) is 5.96 Å². The average molecular weight is 250 g/mol. The highest BCUT2D eigenvalue weighted by molar-refractivity contribution is 5.97. The Morgan fingerprint density at radius 3 is 3.00 bits per heavy atom. The Kier molecular flexibility index (Phi) is 3.81. The molecule has 1 aromatic rings. The van der Waals surface area contributed by atoms with Crippen molar-refractivity contribution >= 4 is 11.6 Å². The van der Waals surface area contributed by atoms with E-state index < -0.39 is 0 Å². The van der Waals surface area contributed by atoms with Crippen LogP contribution in [0.1, 0.15) is 19.4 Å². The number of nitrogens with one attached hydrogen (secondary N) is 1. The topological polar surface area (TPSA) is 53.6 Å². The first-order valence-corrected chi connectivity index (χ1v) is 6.19. The lowest BCUT2D eigenvalue weighted by Gasteiger charge is -2.21. The average Bonchev–Trinajstić information content (AvgIpc) is 2.73. The van der Waals surface area contributed by atoms with E-state index >= 15 is 0 Å². The number of halogens is 1. The smallest absolute Gasteiger partial charge is 0.212 e. The fourth-order valence-corrected chi connectivity index (χ4v) is 2.05. The second kappa shape index (κ2) is 5.35. The van der Waals surface area contributed by atoms with Gasteiger partial charge in [0.15, 0.2) is 0 Å². The minimum atomic E-state index is -0.235. The zero-order chi connectivity index (χ0) is 13.1. The third-order valence-corrected chi connectivity index (χ3v) is 2.93. The third-order valence-electron chi connectivity index (χ3n) is 2.93. The van der Waals surface area contributed by atoms with Crippen LogP contribution in [0.15, 0.2) is 23.2 Å². The molecule has 4 nitrogen and oxygen atoms in total. The second-order valence-electron chi connectivity index (χ2n) is 4.88. The largest absolute Gasteiger partial charge is 0.311 e. The van der Waals surface area contributed by atoms with Crippen LogP contribution < -0.4 is 16.2 Å². The fraction of sp³-hybridized carbons (Fsp3) is 0.462. The Balaban J connectivity index is 2.25. The number of hydrogen-bond donors (Lipinski definition) is 2.